The third-order valence-corrected chi connectivity index (χ3v) is 3.21. The molecule has 2 aromatic rings. The first-order valence-electron chi connectivity index (χ1n) is 7.37. The van der Waals surface area contributed by atoms with E-state index in [4.69, 9.17) is 0 Å². The lowest BCUT2D eigenvalue weighted by molar-refractivity contribution is 0.412. The molecule has 0 unspecified atom stereocenters. The molecule has 1 aromatic carbocycles. The van der Waals surface area contributed by atoms with Crippen molar-refractivity contribution in [3.8, 4) is 11.1 Å². The van der Waals surface area contributed by atoms with E-state index in [1.807, 2.05) is 16.9 Å². The van der Waals surface area contributed by atoms with Gasteiger partial charge in [0, 0.05) is 23.8 Å². The smallest absolute Gasteiger partial charge is 0.0568 e. The van der Waals surface area contributed by atoms with Crippen molar-refractivity contribution < 1.29 is 0 Å². The third-order valence-electron chi connectivity index (χ3n) is 3.21. The largest absolute Gasteiger partial charge is 0.312 e. The second kappa shape index (κ2) is 6.71. The van der Waals surface area contributed by atoms with E-state index < -0.39 is 0 Å². The predicted octanol–water partition coefficient (Wildman–Crippen LogP) is 3.72. The Morgan fingerprint density at radius 3 is 2.50 bits per heavy atom. The van der Waals surface area contributed by atoms with Crippen LogP contribution in [0.2, 0.25) is 0 Å². The minimum absolute atomic E-state index is 0.214. The van der Waals surface area contributed by atoms with Crippen LogP contribution in [0.1, 0.15) is 33.6 Å². The molecular weight excluding hydrogens is 246 g/mol. The summed E-state index contributed by atoms with van der Waals surface area (Å²) in [7, 11) is 0. The summed E-state index contributed by atoms with van der Waals surface area (Å²) in [5, 5.41) is 7.94. The molecule has 0 fully saturated rings. The van der Waals surface area contributed by atoms with Crippen molar-refractivity contribution in [3.63, 3.8) is 0 Å². The molecule has 0 aliphatic carbocycles. The summed E-state index contributed by atoms with van der Waals surface area (Å²) < 4.78 is 2.04. The lowest BCUT2D eigenvalue weighted by Gasteiger charge is -2.20. The van der Waals surface area contributed by atoms with Gasteiger partial charge in [-0.05, 0) is 45.7 Å². The minimum atomic E-state index is 0.214. The first-order valence-corrected chi connectivity index (χ1v) is 7.37. The van der Waals surface area contributed by atoms with Crippen molar-refractivity contribution >= 4 is 0 Å². The second-order valence-corrected chi connectivity index (χ2v) is 6.24. The molecule has 1 aromatic heterocycles. The Labute approximate surface area is 122 Å². The van der Waals surface area contributed by atoms with Crippen LogP contribution < -0.4 is 5.32 Å². The van der Waals surface area contributed by atoms with Crippen molar-refractivity contribution in [1.82, 2.24) is 15.1 Å². The van der Waals surface area contributed by atoms with Gasteiger partial charge in [0.25, 0.3) is 0 Å². The number of hydrogen-bond acceptors (Lipinski definition) is 2. The van der Waals surface area contributed by atoms with Gasteiger partial charge in [0.2, 0.25) is 0 Å². The van der Waals surface area contributed by atoms with E-state index in [0.717, 1.165) is 19.5 Å². The number of nitrogens with zero attached hydrogens (tertiary/aromatic N) is 2. The number of aromatic nitrogens is 2. The SMILES string of the molecule is CC(C)(C)NCCCCn1cc(-c2ccccc2)cn1. The summed E-state index contributed by atoms with van der Waals surface area (Å²) in [5.74, 6) is 0. The molecular formula is C17H25N3. The molecule has 3 nitrogen and oxygen atoms in total. The molecule has 0 bridgehead atoms. The number of benzene rings is 1. The van der Waals surface area contributed by atoms with Gasteiger partial charge in [-0.3, -0.25) is 4.68 Å². The maximum Gasteiger partial charge on any atom is 0.0568 e. The molecule has 0 aliphatic rings. The highest BCUT2D eigenvalue weighted by Crippen LogP contribution is 2.17. The van der Waals surface area contributed by atoms with E-state index in [0.29, 0.717) is 0 Å². The van der Waals surface area contributed by atoms with E-state index in [1.54, 1.807) is 0 Å². The van der Waals surface area contributed by atoms with Crippen LogP contribution in [0.5, 0.6) is 0 Å². The van der Waals surface area contributed by atoms with Crippen molar-refractivity contribution in [3.05, 3.63) is 42.7 Å². The van der Waals surface area contributed by atoms with E-state index in [2.05, 4.69) is 61.6 Å². The Bertz CT molecular complexity index is 509. The summed E-state index contributed by atoms with van der Waals surface area (Å²) in [5.41, 5.74) is 2.64. The Hall–Kier alpha value is -1.61. The molecule has 108 valence electrons. The van der Waals surface area contributed by atoms with E-state index >= 15 is 0 Å². The zero-order chi connectivity index (χ0) is 14.4. The lowest BCUT2D eigenvalue weighted by Crippen LogP contribution is -2.36. The molecule has 3 heteroatoms. The van der Waals surface area contributed by atoms with Crippen molar-refractivity contribution in [2.24, 2.45) is 0 Å². The topological polar surface area (TPSA) is 29.9 Å². The fraction of sp³-hybridized carbons (Fsp3) is 0.471. The van der Waals surface area contributed by atoms with Crippen LogP contribution in [0, 0.1) is 0 Å². The molecule has 1 heterocycles. The average molecular weight is 271 g/mol. The standard InChI is InChI=1S/C17H25N3/c1-17(2,3)18-11-7-8-12-20-14-16(13-19-20)15-9-5-4-6-10-15/h4-6,9-10,13-14,18H,7-8,11-12H2,1-3H3. The van der Waals surface area contributed by atoms with Gasteiger partial charge in [-0.15, -0.1) is 0 Å². The highest BCUT2D eigenvalue weighted by Gasteiger charge is 2.07. The number of hydrogen-bond donors (Lipinski definition) is 1. The maximum atomic E-state index is 4.44. The normalized spacial score (nSPS) is 11.8. The third kappa shape index (κ3) is 4.82. The zero-order valence-corrected chi connectivity index (χ0v) is 12.8. The van der Waals surface area contributed by atoms with Crippen molar-refractivity contribution in [2.75, 3.05) is 6.54 Å². The Morgan fingerprint density at radius 2 is 1.80 bits per heavy atom. The van der Waals surface area contributed by atoms with Crippen molar-refractivity contribution in [1.29, 1.82) is 0 Å². The Morgan fingerprint density at radius 1 is 1.05 bits per heavy atom. The maximum absolute atomic E-state index is 4.44. The van der Waals surface area contributed by atoms with E-state index in [-0.39, 0.29) is 5.54 Å². The first kappa shape index (κ1) is 14.8. The molecule has 0 aliphatic heterocycles. The second-order valence-electron chi connectivity index (χ2n) is 6.24. The predicted molar refractivity (Wildman–Crippen MR) is 84.7 cm³/mol. The van der Waals surface area contributed by atoms with Crippen LogP contribution in [0.15, 0.2) is 42.7 Å². The molecule has 20 heavy (non-hydrogen) atoms. The summed E-state index contributed by atoms with van der Waals surface area (Å²) in [4.78, 5) is 0. The molecule has 0 spiro atoms. The van der Waals surface area contributed by atoms with Crippen molar-refractivity contribution in [2.45, 2.75) is 45.7 Å². The molecule has 0 amide bonds. The summed E-state index contributed by atoms with van der Waals surface area (Å²) >= 11 is 0. The fourth-order valence-corrected chi connectivity index (χ4v) is 2.13. The quantitative estimate of drug-likeness (QED) is 0.812. The number of nitrogens with one attached hydrogen (secondary N) is 1. The Kier molecular flexibility index (Phi) is 4.96. The number of unbranched alkanes of at least 4 members (excludes halogenated alkanes) is 1. The van der Waals surface area contributed by atoms with Gasteiger partial charge < -0.3 is 5.32 Å². The fourth-order valence-electron chi connectivity index (χ4n) is 2.13. The molecule has 1 N–H and O–H groups in total. The van der Waals surface area contributed by atoms with Crippen LogP contribution in [0.4, 0.5) is 0 Å². The Balaban J connectivity index is 1.76. The van der Waals surface area contributed by atoms with E-state index in [1.165, 1.54) is 17.5 Å². The summed E-state index contributed by atoms with van der Waals surface area (Å²) in [6.07, 6.45) is 6.41. The van der Waals surface area contributed by atoms with Gasteiger partial charge in [0.15, 0.2) is 0 Å². The number of aryl methyl sites for hydroxylation is 1. The molecule has 0 saturated carbocycles. The van der Waals surface area contributed by atoms with Gasteiger partial charge >= 0.3 is 0 Å². The monoisotopic (exact) mass is 271 g/mol. The lowest BCUT2D eigenvalue weighted by atomic mass is 10.1. The van der Waals surface area contributed by atoms with Gasteiger partial charge in [0.05, 0.1) is 6.20 Å². The first-order chi connectivity index (χ1) is 9.54. The van der Waals surface area contributed by atoms with Crippen LogP contribution >= 0.6 is 0 Å². The average Bonchev–Trinajstić information content (AvgIpc) is 2.87. The van der Waals surface area contributed by atoms with Crippen LogP contribution in [0.3, 0.4) is 0 Å². The number of rotatable bonds is 6. The van der Waals surface area contributed by atoms with E-state index in [9.17, 15) is 0 Å². The van der Waals surface area contributed by atoms with Gasteiger partial charge in [-0.2, -0.15) is 5.10 Å². The van der Waals surface area contributed by atoms with Crippen LogP contribution in [0.25, 0.3) is 11.1 Å². The van der Waals surface area contributed by atoms with Gasteiger partial charge in [0.1, 0.15) is 0 Å². The molecule has 2 rings (SSSR count). The highest BCUT2D eigenvalue weighted by atomic mass is 15.3. The van der Waals surface area contributed by atoms with Gasteiger partial charge in [-0.25, -0.2) is 0 Å². The minimum Gasteiger partial charge on any atom is -0.312 e. The highest BCUT2D eigenvalue weighted by molar-refractivity contribution is 5.61. The van der Waals surface area contributed by atoms with Gasteiger partial charge in [-0.1, -0.05) is 30.3 Å². The molecule has 0 atom stereocenters. The summed E-state index contributed by atoms with van der Waals surface area (Å²) in [6.45, 7) is 8.65. The summed E-state index contributed by atoms with van der Waals surface area (Å²) in [6, 6.07) is 10.4. The van der Waals surface area contributed by atoms with Crippen LogP contribution in [-0.4, -0.2) is 21.9 Å². The zero-order valence-electron chi connectivity index (χ0n) is 12.8. The molecule has 0 radical (unpaired) electrons. The molecule has 0 saturated heterocycles. The van der Waals surface area contributed by atoms with Crippen LogP contribution in [-0.2, 0) is 6.54 Å².